The fraction of sp³-hybridized carbons (Fsp3) is 0.412. The van der Waals surface area contributed by atoms with E-state index >= 15 is 0 Å². The summed E-state index contributed by atoms with van der Waals surface area (Å²) in [5.74, 6) is -0.739. The molecule has 1 fully saturated rings. The second-order valence-corrected chi connectivity index (χ2v) is 6.65. The zero-order valence-corrected chi connectivity index (χ0v) is 14.6. The molecule has 0 saturated carbocycles. The summed E-state index contributed by atoms with van der Waals surface area (Å²) in [6, 6.07) is 5.44. The molecule has 3 heterocycles. The molecule has 7 N–H and O–H groups in total. The number of aromatic nitrogens is 2. The molecular weight excluding hydrogens is 350 g/mol. The van der Waals surface area contributed by atoms with E-state index in [2.05, 4.69) is 25.6 Å². The Kier molecular flexibility index (Phi) is 4.28. The van der Waals surface area contributed by atoms with Crippen LogP contribution in [0.4, 0.5) is 0 Å². The van der Waals surface area contributed by atoms with Crippen LogP contribution >= 0.6 is 0 Å². The van der Waals surface area contributed by atoms with Crippen LogP contribution < -0.4 is 26.8 Å². The van der Waals surface area contributed by atoms with E-state index in [0.29, 0.717) is 16.8 Å². The maximum atomic E-state index is 12.2. The average Bonchev–Trinajstić information content (AvgIpc) is 3.27. The average molecular weight is 371 g/mol. The van der Waals surface area contributed by atoms with Crippen LogP contribution in [0.5, 0.6) is 5.75 Å². The van der Waals surface area contributed by atoms with E-state index in [-0.39, 0.29) is 24.3 Å². The fourth-order valence-electron chi connectivity index (χ4n) is 3.56. The van der Waals surface area contributed by atoms with Crippen LogP contribution in [0.2, 0.25) is 0 Å². The molecule has 0 spiro atoms. The topological polar surface area (TPSA) is 161 Å². The first kappa shape index (κ1) is 17.4. The number of benzene rings is 1. The highest BCUT2D eigenvalue weighted by molar-refractivity contribution is 6.46. The van der Waals surface area contributed by atoms with Crippen molar-refractivity contribution in [2.75, 3.05) is 19.8 Å². The van der Waals surface area contributed by atoms with Gasteiger partial charge in [0.25, 0.3) is 11.8 Å². The van der Waals surface area contributed by atoms with Crippen LogP contribution in [0, 0.1) is 0 Å². The first-order valence-corrected chi connectivity index (χ1v) is 8.78. The van der Waals surface area contributed by atoms with Crippen LogP contribution in [0.15, 0.2) is 23.2 Å². The number of piperidine rings is 1. The van der Waals surface area contributed by atoms with Crippen LogP contribution in [-0.2, 0) is 15.1 Å². The highest BCUT2D eigenvalue weighted by Gasteiger charge is 2.51. The third kappa shape index (κ3) is 2.92. The van der Waals surface area contributed by atoms with Crippen LogP contribution in [0.1, 0.15) is 18.7 Å². The minimum Gasteiger partial charge on any atom is -0.490 e. The van der Waals surface area contributed by atoms with Gasteiger partial charge in [-0.2, -0.15) is 0 Å². The van der Waals surface area contributed by atoms with Gasteiger partial charge >= 0.3 is 0 Å². The monoisotopic (exact) mass is 371 g/mol. The number of primary amides is 2. The van der Waals surface area contributed by atoms with Crippen molar-refractivity contribution in [2.45, 2.75) is 24.5 Å². The SMILES string of the molecule is NC(=O)C1=NCNC1(C(N)=O)c1nc2ccc(OC3CCNCC3)cc2[nH]1. The number of nitrogens with zero attached hydrogens (tertiary/aromatic N) is 2. The normalized spacial score (nSPS) is 23.3. The first-order valence-electron chi connectivity index (χ1n) is 8.78. The van der Waals surface area contributed by atoms with Crippen molar-refractivity contribution >= 4 is 28.6 Å². The number of hydrogen-bond donors (Lipinski definition) is 5. The van der Waals surface area contributed by atoms with Gasteiger partial charge in [-0.3, -0.25) is 19.9 Å². The van der Waals surface area contributed by atoms with Gasteiger partial charge < -0.3 is 26.5 Å². The highest BCUT2D eigenvalue weighted by atomic mass is 16.5. The molecule has 0 radical (unpaired) electrons. The van der Waals surface area contributed by atoms with Gasteiger partial charge in [-0.25, -0.2) is 4.98 Å². The summed E-state index contributed by atoms with van der Waals surface area (Å²) in [4.78, 5) is 35.5. The van der Waals surface area contributed by atoms with Gasteiger partial charge in [0.05, 0.1) is 17.7 Å². The lowest BCUT2D eigenvalue weighted by atomic mass is 9.91. The molecule has 1 aromatic heterocycles. The molecule has 2 aromatic rings. The third-order valence-corrected chi connectivity index (χ3v) is 4.94. The number of nitrogens with one attached hydrogen (secondary N) is 3. The Labute approximate surface area is 154 Å². The Bertz CT molecular complexity index is 932. The molecule has 2 amide bonds. The maximum Gasteiger partial charge on any atom is 0.265 e. The Morgan fingerprint density at radius 2 is 2.00 bits per heavy atom. The Morgan fingerprint density at radius 1 is 1.22 bits per heavy atom. The molecule has 2 aliphatic rings. The second-order valence-electron chi connectivity index (χ2n) is 6.65. The molecule has 27 heavy (non-hydrogen) atoms. The van der Waals surface area contributed by atoms with Crippen molar-refractivity contribution in [3.8, 4) is 5.75 Å². The second kappa shape index (κ2) is 6.63. The lowest BCUT2D eigenvalue weighted by molar-refractivity contribution is -0.123. The van der Waals surface area contributed by atoms with Crippen molar-refractivity contribution in [2.24, 2.45) is 16.5 Å². The van der Waals surface area contributed by atoms with Crippen molar-refractivity contribution in [3.63, 3.8) is 0 Å². The summed E-state index contributed by atoms with van der Waals surface area (Å²) in [5, 5.41) is 6.14. The molecule has 10 nitrogen and oxygen atoms in total. The molecule has 0 bridgehead atoms. The van der Waals surface area contributed by atoms with Crippen molar-refractivity contribution in [3.05, 3.63) is 24.0 Å². The summed E-state index contributed by atoms with van der Waals surface area (Å²) < 4.78 is 6.04. The molecule has 142 valence electrons. The molecule has 1 unspecified atom stereocenters. The smallest absolute Gasteiger partial charge is 0.265 e. The molecule has 10 heteroatoms. The van der Waals surface area contributed by atoms with Gasteiger partial charge in [0.2, 0.25) is 5.54 Å². The maximum absolute atomic E-state index is 12.2. The number of rotatable bonds is 5. The quantitative estimate of drug-likeness (QED) is 0.446. The molecule has 1 saturated heterocycles. The highest BCUT2D eigenvalue weighted by Crippen LogP contribution is 2.28. The van der Waals surface area contributed by atoms with Crippen molar-refractivity contribution in [1.29, 1.82) is 0 Å². The molecule has 4 rings (SSSR count). The number of ether oxygens (including phenoxy) is 1. The number of fused-ring (bicyclic) bond motifs is 1. The standard InChI is InChI=1S/C17H21N7O3/c18-14(25)13-17(15(19)26,22-8-21-13)16-23-11-2-1-10(7-12(11)24-16)27-9-3-5-20-6-4-9/h1-2,7,9,20,22H,3-6,8H2,(H2,18,25)(H2,19,26)(H,23,24). The van der Waals surface area contributed by atoms with E-state index in [4.69, 9.17) is 16.2 Å². The number of carbonyl (C=O) groups excluding carboxylic acids is 2. The van der Waals surface area contributed by atoms with Gasteiger partial charge in [0.1, 0.15) is 23.4 Å². The van der Waals surface area contributed by atoms with E-state index < -0.39 is 17.4 Å². The lowest BCUT2D eigenvalue weighted by Crippen LogP contribution is -2.58. The minimum atomic E-state index is -1.67. The summed E-state index contributed by atoms with van der Waals surface area (Å²) in [6.07, 6.45) is 2.05. The zero-order chi connectivity index (χ0) is 19.0. The van der Waals surface area contributed by atoms with Crippen LogP contribution in [0.25, 0.3) is 11.0 Å². The first-order chi connectivity index (χ1) is 13.0. The summed E-state index contributed by atoms with van der Waals surface area (Å²) >= 11 is 0. The number of imidazole rings is 1. The molecule has 0 aliphatic carbocycles. The number of hydrogen-bond acceptors (Lipinski definition) is 7. The largest absolute Gasteiger partial charge is 0.490 e. The summed E-state index contributed by atoms with van der Waals surface area (Å²) in [7, 11) is 0. The van der Waals surface area contributed by atoms with Gasteiger partial charge in [-0.15, -0.1) is 0 Å². The van der Waals surface area contributed by atoms with E-state index in [1.54, 1.807) is 6.07 Å². The van der Waals surface area contributed by atoms with Gasteiger partial charge in [-0.1, -0.05) is 0 Å². The molecule has 1 aromatic carbocycles. The third-order valence-electron chi connectivity index (χ3n) is 4.94. The minimum absolute atomic E-state index is 0.0440. The molecular formula is C17H21N7O3. The summed E-state index contributed by atoms with van der Waals surface area (Å²) in [6.45, 7) is 1.91. The Hall–Kier alpha value is -2.98. The fourth-order valence-corrected chi connectivity index (χ4v) is 3.56. The predicted octanol–water partition coefficient (Wildman–Crippen LogP) is -1.14. The molecule has 2 aliphatic heterocycles. The zero-order valence-electron chi connectivity index (χ0n) is 14.6. The number of nitrogens with two attached hydrogens (primary N) is 2. The number of aromatic amines is 1. The van der Waals surface area contributed by atoms with E-state index in [9.17, 15) is 9.59 Å². The number of aliphatic imine (C=N–C) groups is 1. The van der Waals surface area contributed by atoms with E-state index in [1.165, 1.54) is 0 Å². The lowest BCUT2D eigenvalue weighted by Gasteiger charge is -2.24. The van der Waals surface area contributed by atoms with Gasteiger partial charge in [-0.05, 0) is 38.1 Å². The van der Waals surface area contributed by atoms with Crippen molar-refractivity contribution in [1.82, 2.24) is 20.6 Å². The van der Waals surface area contributed by atoms with Crippen LogP contribution in [-0.4, -0.2) is 53.4 Å². The van der Waals surface area contributed by atoms with Gasteiger partial charge in [0.15, 0.2) is 0 Å². The Balaban J connectivity index is 1.69. The summed E-state index contributed by atoms with van der Waals surface area (Å²) in [5.41, 5.74) is 10.4. The molecule has 1 atom stereocenters. The number of carbonyl (C=O) groups is 2. The number of amides is 2. The van der Waals surface area contributed by atoms with Gasteiger partial charge in [0, 0.05) is 6.07 Å². The Morgan fingerprint density at radius 3 is 2.70 bits per heavy atom. The van der Waals surface area contributed by atoms with E-state index in [0.717, 1.165) is 25.9 Å². The number of H-pyrrole nitrogens is 1. The van der Waals surface area contributed by atoms with Crippen molar-refractivity contribution < 1.29 is 14.3 Å². The predicted molar refractivity (Wildman–Crippen MR) is 98.1 cm³/mol. The van der Waals surface area contributed by atoms with E-state index in [1.807, 2.05) is 12.1 Å². The van der Waals surface area contributed by atoms with Crippen LogP contribution in [0.3, 0.4) is 0 Å².